The summed E-state index contributed by atoms with van der Waals surface area (Å²) in [5.74, 6) is 2.54. The van der Waals surface area contributed by atoms with Gasteiger partial charge in [-0.25, -0.2) is 0 Å². The summed E-state index contributed by atoms with van der Waals surface area (Å²) in [6.45, 7) is 15.0. The van der Waals surface area contributed by atoms with E-state index in [2.05, 4.69) is 77.8 Å². The van der Waals surface area contributed by atoms with Crippen LogP contribution >= 0.6 is 0 Å². The Balaban J connectivity index is 2.26. The van der Waals surface area contributed by atoms with Crippen LogP contribution < -0.4 is 21.3 Å². The van der Waals surface area contributed by atoms with Crippen molar-refractivity contribution < 1.29 is 10.2 Å². The lowest BCUT2D eigenvalue weighted by Gasteiger charge is -2.49. The standard InChI is InChI=1S/C23H45N7O2/c1-16(2)13-18(17-14-22(3,4)30-23(5,6)15-17)26-21-28-19(24-9-7-11-31)27-20(29-21)25-10-8-12-32/h16-18,30-32H,7-15H2,1-6H3,(H3,24,25,26,27,28,29). The lowest BCUT2D eigenvalue weighted by Crippen LogP contribution is -2.60. The van der Waals surface area contributed by atoms with E-state index in [-0.39, 0.29) is 30.3 Å². The van der Waals surface area contributed by atoms with Gasteiger partial charge in [0, 0.05) is 43.4 Å². The van der Waals surface area contributed by atoms with Gasteiger partial charge in [-0.3, -0.25) is 0 Å². The minimum absolute atomic E-state index is 0.0659. The van der Waals surface area contributed by atoms with Crippen LogP contribution in [-0.2, 0) is 0 Å². The highest BCUT2D eigenvalue weighted by Crippen LogP contribution is 2.37. The molecule has 1 fully saturated rings. The zero-order valence-electron chi connectivity index (χ0n) is 20.8. The van der Waals surface area contributed by atoms with Crippen LogP contribution in [0.2, 0.25) is 0 Å². The van der Waals surface area contributed by atoms with Gasteiger partial charge < -0.3 is 31.5 Å². The Morgan fingerprint density at radius 2 is 1.34 bits per heavy atom. The van der Waals surface area contributed by atoms with Crippen molar-refractivity contribution in [1.82, 2.24) is 20.3 Å². The Hall–Kier alpha value is -1.71. The van der Waals surface area contributed by atoms with Crippen LogP contribution in [0.1, 0.15) is 73.6 Å². The van der Waals surface area contributed by atoms with E-state index in [1.165, 1.54) is 0 Å². The first-order valence-electron chi connectivity index (χ1n) is 12.0. The van der Waals surface area contributed by atoms with Crippen molar-refractivity contribution in [3.05, 3.63) is 0 Å². The quantitative estimate of drug-likeness (QED) is 0.251. The Kier molecular flexibility index (Phi) is 9.91. The fraction of sp³-hybridized carbons (Fsp3) is 0.870. The normalized spacial score (nSPS) is 19.0. The molecule has 1 atom stereocenters. The van der Waals surface area contributed by atoms with Gasteiger partial charge in [-0.15, -0.1) is 0 Å². The number of aliphatic hydroxyl groups excluding tert-OH is 2. The molecule has 1 aliphatic heterocycles. The molecule has 0 spiro atoms. The first kappa shape index (κ1) is 26.5. The van der Waals surface area contributed by atoms with Gasteiger partial charge in [0.15, 0.2) is 0 Å². The zero-order chi connectivity index (χ0) is 23.8. The first-order valence-corrected chi connectivity index (χ1v) is 12.0. The Morgan fingerprint density at radius 3 is 1.78 bits per heavy atom. The Bertz CT molecular complexity index is 653. The van der Waals surface area contributed by atoms with Crippen molar-refractivity contribution >= 4 is 17.8 Å². The molecule has 0 radical (unpaired) electrons. The third-order valence-corrected chi connectivity index (χ3v) is 5.70. The molecule has 1 unspecified atom stereocenters. The number of hydrogen-bond donors (Lipinski definition) is 6. The molecule has 0 bridgehead atoms. The largest absolute Gasteiger partial charge is 0.396 e. The molecule has 0 aliphatic carbocycles. The topological polar surface area (TPSA) is 127 Å². The molecule has 2 rings (SSSR count). The van der Waals surface area contributed by atoms with E-state index in [1.807, 2.05) is 0 Å². The number of nitrogens with zero attached hydrogens (tertiary/aromatic N) is 3. The Morgan fingerprint density at radius 1 is 0.875 bits per heavy atom. The summed E-state index contributed by atoms with van der Waals surface area (Å²) in [6, 6.07) is 0.244. The second kappa shape index (κ2) is 12.0. The molecular weight excluding hydrogens is 406 g/mol. The maximum Gasteiger partial charge on any atom is 0.229 e. The van der Waals surface area contributed by atoms with E-state index in [1.54, 1.807) is 0 Å². The van der Waals surface area contributed by atoms with Gasteiger partial charge in [-0.05, 0) is 71.6 Å². The average Bonchev–Trinajstić information content (AvgIpc) is 2.65. The second-order valence-corrected chi connectivity index (χ2v) is 10.8. The van der Waals surface area contributed by atoms with Gasteiger partial charge in [0.25, 0.3) is 0 Å². The molecule has 1 aliphatic rings. The SMILES string of the molecule is CC(C)CC(Nc1nc(NCCCO)nc(NCCCO)n1)C1CC(C)(C)NC(C)(C)C1. The molecule has 184 valence electrons. The highest BCUT2D eigenvalue weighted by atomic mass is 16.3. The number of anilines is 3. The molecule has 6 N–H and O–H groups in total. The van der Waals surface area contributed by atoms with Crippen LogP contribution in [0, 0.1) is 11.8 Å². The fourth-order valence-corrected chi connectivity index (χ4v) is 4.89. The number of aliphatic hydroxyl groups is 2. The summed E-state index contributed by atoms with van der Waals surface area (Å²) < 4.78 is 0. The summed E-state index contributed by atoms with van der Waals surface area (Å²) in [6.07, 6.45) is 4.43. The van der Waals surface area contributed by atoms with Crippen LogP contribution in [-0.4, -0.2) is 68.6 Å². The predicted octanol–water partition coefficient (Wildman–Crippen LogP) is 2.84. The van der Waals surface area contributed by atoms with E-state index in [4.69, 9.17) is 10.2 Å². The highest BCUT2D eigenvalue weighted by Gasteiger charge is 2.41. The fourth-order valence-electron chi connectivity index (χ4n) is 4.89. The minimum atomic E-state index is 0.0659. The maximum absolute atomic E-state index is 9.08. The van der Waals surface area contributed by atoms with E-state index in [9.17, 15) is 0 Å². The van der Waals surface area contributed by atoms with Crippen LogP contribution in [0.4, 0.5) is 17.8 Å². The molecule has 0 saturated carbocycles. The molecular formula is C23H45N7O2. The van der Waals surface area contributed by atoms with Crippen LogP contribution in [0.3, 0.4) is 0 Å². The number of piperidine rings is 1. The van der Waals surface area contributed by atoms with Crippen molar-refractivity contribution in [3.8, 4) is 0 Å². The number of nitrogens with one attached hydrogen (secondary N) is 4. The Labute approximate surface area is 193 Å². The maximum atomic E-state index is 9.08. The number of rotatable bonds is 13. The number of aromatic nitrogens is 3. The second-order valence-electron chi connectivity index (χ2n) is 10.8. The molecule has 1 saturated heterocycles. The van der Waals surface area contributed by atoms with Crippen molar-refractivity contribution in [1.29, 1.82) is 0 Å². The summed E-state index contributed by atoms with van der Waals surface area (Å²) in [4.78, 5) is 13.7. The molecule has 2 heterocycles. The van der Waals surface area contributed by atoms with Crippen LogP contribution in [0.15, 0.2) is 0 Å². The van der Waals surface area contributed by atoms with Crippen LogP contribution in [0.5, 0.6) is 0 Å². The summed E-state index contributed by atoms with van der Waals surface area (Å²) >= 11 is 0. The molecule has 32 heavy (non-hydrogen) atoms. The van der Waals surface area contributed by atoms with E-state index >= 15 is 0 Å². The lowest BCUT2D eigenvalue weighted by molar-refractivity contribution is 0.112. The van der Waals surface area contributed by atoms with E-state index in [0.717, 1.165) is 19.3 Å². The predicted molar refractivity (Wildman–Crippen MR) is 131 cm³/mol. The van der Waals surface area contributed by atoms with Crippen molar-refractivity contribution in [2.24, 2.45) is 11.8 Å². The van der Waals surface area contributed by atoms with E-state index in [0.29, 0.717) is 55.6 Å². The van der Waals surface area contributed by atoms with Crippen molar-refractivity contribution in [2.75, 3.05) is 42.3 Å². The van der Waals surface area contributed by atoms with E-state index < -0.39 is 0 Å². The molecule has 0 aromatic carbocycles. The average molecular weight is 452 g/mol. The lowest BCUT2D eigenvalue weighted by atomic mass is 9.71. The summed E-state index contributed by atoms with van der Waals surface area (Å²) in [7, 11) is 0. The highest BCUT2D eigenvalue weighted by molar-refractivity contribution is 5.42. The van der Waals surface area contributed by atoms with Gasteiger partial charge in [-0.2, -0.15) is 15.0 Å². The number of hydrogen-bond acceptors (Lipinski definition) is 9. The van der Waals surface area contributed by atoms with Crippen molar-refractivity contribution in [2.45, 2.75) is 90.8 Å². The van der Waals surface area contributed by atoms with Gasteiger partial charge >= 0.3 is 0 Å². The molecule has 1 aromatic rings. The van der Waals surface area contributed by atoms with Crippen LogP contribution in [0.25, 0.3) is 0 Å². The first-order chi connectivity index (χ1) is 15.0. The molecule has 9 nitrogen and oxygen atoms in total. The van der Waals surface area contributed by atoms with Gasteiger partial charge in [0.2, 0.25) is 17.8 Å². The monoisotopic (exact) mass is 451 g/mol. The summed E-state index contributed by atoms with van der Waals surface area (Å²) in [5, 5.41) is 31.9. The van der Waals surface area contributed by atoms with Crippen molar-refractivity contribution in [3.63, 3.8) is 0 Å². The third-order valence-electron chi connectivity index (χ3n) is 5.70. The van der Waals surface area contributed by atoms with Gasteiger partial charge in [0.05, 0.1) is 0 Å². The summed E-state index contributed by atoms with van der Waals surface area (Å²) in [5.41, 5.74) is 0.132. The zero-order valence-corrected chi connectivity index (χ0v) is 20.8. The molecule has 9 heteroatoms. The third kappa shape index (κ3) is 9.03. The molecule has 0 amide bonds. The smallest absolute Gasteiger partial charge is 0.229 e. The van der Waals surface area contributed by atoms with Gasteiger partial charge in [-0.1, -0.05) is 13.8 Å². The molecule has 1 aromatic heterocycles. The minimum Gasteiger partial charge on any atom is -0.396 e. The van der Waals surface area contributed by atoms with Gasteiger partial charge in [0.1, 0.15) is 0 Å².